The summed E-state index contributed by atoms with van der Waals surface area (Å²) in [7, 11) is 0. The highest BCUT2D eigenvalue weighted by molar-refractivity contribution is 4.80. The molecular formula is C11H22N2. The van der Waals surface area contributed by atoms with Gasteiger partial charge in [-0.05, 0) is 64.1 Å². The summed E-state index contributed by atoms with van der Waals surface area (Å²) in [5.41, 5.74) is 0. The molecule has 2 nitrogen and oxygen atoms in total. The zero-order valence-corrected chi connectivity index (χ0v) is 8.52. The maximum Gasteiger partial charge on any atom is 0.00682 e. The van der Waals surface area contributed by atoms with Crippen molar-refractivity contribution in [3.63, 3.8) is 0 Å². The summed E-state index contributed by atoms with van der Waals surface area (Å²) in [6.45, 7) is 3.77. The van der Waals surface area contributed by atoms with E-state index >= 15 is 0 Å². The van der Waals surface area contributed by atoms with E-state index < -0.39 is 0 Å². The van der Waals surface area contributed by atoms with Gasteiger partial charge in [0.25, 0.3) is 0 Å². The van der Waals surface area contributed by atoms with E-state index in [0.29, 0.717) is 0 Å². The van der Waals surface area contributed by atoms with Crippen LogP contribution in [0.2, 0.25) is 0 Å². The van der Waals surface area contributed by atoms with Crippen molar-refractivity contribution in [1.29, 1.82) is 0 Å². The minimum atomic E-state index is 0.893. The van der Waals surface area contributed by atoms with Crippen LogP contribution in [-0.4, -0.2) is 25.7 Å². The van der Waals surface area contributed by atoms with E-state index in [4.69, 9.17) is 0 Å². The first-order chi connectivity index (χ1) is 6.45. The molecule has 1 aliphatic heterocycles. The van der Waals surface area contributed by atoms with Crippen LogP contribution in [0.4, 0.5) is 0 Å². The number of nitrogens with one attached hydrogen (secondary N) is 2. The van der Waals surface area contributed by atoms with Crippen molar-refractivity contribution in [1.82, 2.24) is 10.6 Å². The normalized spacial score (nSPS) is 29.1. The molecular weight excluding hydrogens is 160 g/mol. The molecule has 1 aliphatic carbocycles. The maximum atomic E-state index is 3.58. The summed E-state index contributed by atoms with van der Waals surface area (Å²) in [5.74, 6) is 0.967. The Balaban J connectivity index is 1.46. The lowest BCUT2D eigenvalue weighted by Gasteiger charge is -2.22. The fourth-order valence-corrected chi connectivity index (χ4v) is 2.15. The molecule has 1 atom stereocenters. The summed E-state index contributed by atoms with van der Waals surface area (Å²) in [6.07, 6.45) is 8.49. The van der Waals surface area contributed by atoms with Crippen LogP contribution in [0.25, 0.3) is 0 Å². The smallest absolute Gasteiger partial charge is 0.00682 e. The van der Waals surface area contributed by atoms with Gasteiger partial charge in [-0.3, -0.25) is 0 Å². The van der Waals surface area contributed by atoms with Crippen LogP contribution in [0.1, 0.15) is 38.5 Å². The van der Waals surface area contributed by atoms with E-state index in [0.717, 1.165) is 12.0 Å². The van der Waals surface area contributed by atoms with E-state index in [1.807, 2.05) is 0 Å². The first kappa shape index (κ1) is 9.47. The fourth-order valence-electron chi connectivity index (χ4n) is 2.15. The van der Waals surface area contributed by atoms with Gasteiger partial charge in [-0.15, -0.1) is 0 Å². The lowest BCUT2D eigenvalue weighted by Crippen LogP contribution is -2.30. The summed E-state index contributed by atoms with van der Waals surface area (Å²) in [4.78, 5) is 0. The van der Waals surface area contributed by atoms with Gasteiger partial charge in [0.05, 0.1) is 0 Å². The average Bonchev–Trinajstić information content (AvgIpc) is 2.98. The van der Waals surface area contributed by atoms with E-state index in [2.05, 4.69) is 10.6 Å². The molecule has 0 aromatic heterocycles. The van der Waals surface area contributed by atoms with E-state index in [9.17, 15) is 0 Å². The molecule has 0 spiro atoms. The van der Waals surface area contributed by atoms with E-state index in [-0.39, 0.29) is 0 Å². The Morgan fingerprint density at radius 1 is 1.23 bits per heavy atom. The highest BCUT2D eigenvalue weighted by atomic mass is 14.9. The molecule has 0 radical (unpaired) electrons. The monoisotopic (exact) mass is 182 g/mol. The SMILES string of the molecule is C1CNCC(CCCNC2CC2)C1. The van der Waals surface area contributed by atoms with Crippen molar-refractivity contribution in [2.45, 2.75) is 44.6 Å². The Morgan fingerprint density at radius 2 is 2.15 bits per heavy atom. The Kier molecular flexibility index (Phi) is 3.62. The third-order valence-corrected chi connectivity index (χ3v) is 3.20. The molecule has 1 saturated heterocycles. The number of hydrogen-bond donors (Lipinski definition) is 2. The minimum absolute atomic E-state index is 0.893. The highest BCUT2D eigenvalue weighted by Crippen LogP contribution is 2.19. The molecule has 2 rings (SSSR count). The van der Waals surface area contributed by atoms with Crippen molar-refractivity contribution >= 4 is 0 Å². The van der Waals surface area contributed by atoms with Crippen molar-refractivity contribution in [2.75, 3.05) is 19.6 Å². The topological polar surface area (TPSA) is 24.1 Å². The zero-order valence-electron chi connectivity index (χ0n) is 8.52. The van der Waals surface area contributed by atoms with Crippen molar-refractivity contribution in [2.24, 2.45) is 5.92 Å². The third-order valence-electron chi connectivity index (χ3n) is 3.20. The van der Waals surface area contributed by atoms with Gasteiger partial charge in [-0.25, -0.2) is 0 Å². The predicted molar refractivity (Wildman–Crippen MR) is 55.9 cm³/mol. The third kappa shape index (κ3) is 3.65. The van der Waals surface area contributed by atoms with Gasteiger partial charge in [0.2, 0.25) is 0 Å². The van der Waals surface area contributed by atoms with Crippen LogP contribution in [0.3, 0.4) is 0 Å². The van der Waals surface area contributed by atoms with Gasteiger partial charge in [0.1, 0.15) is 0 Å². The Morgan fingerprint density at radius 3 is 2.85 bits per heavy atom. The maximum absolute atomic E-state index is 3.58. The second-order valence-corrected chi connectivity index (χ2v) is 4.58. The number of piperidine rings is 1. The zero-order chi connectivity index (χ0) is 8.93. The Hall–Kier alpha value is -0.0800. The van der Waals surface area contributed by atoms with Crippen LogP contribution in [-0.2, 0) is 0 Å². The number of rotatable bonds is 5. The van der Waals surface area contributed by atoms with Crippen LogP contribution >= 0.6 is 0 Å². The Bertz CT molecular complexity index is 137. The minimum Gasteiger partial charge on any atom is -0.316 e. The standard InChI is InChI=1S/C11H22N2/c1-3-10(9-12-7-1)4-2-8-13-11-5-6-11/h10-13H,1-9H2. The molecule has 2 aliphatic rings. The van der Waals surface area contributed by atoms with Gasteiger partial charge in [-0.1, -0.05) is 0 Å². The summed E-state index contributed by atoms with van der Waals surface area (Å²) >= 11 is 0. The molecule has 1 heterocycles. The van der Waals surface area contributed by atoms with Crippen LogP contribution in [0, 0.1) is 5.92 Å². The second kappa shape index (κ2) is 4.97. The van der Waals surface area contributed by atoms with Crippen LogP contribution < -0.4 is 10.6 Å². The van der Waals surface area contributed by atoms with Gasteiger partial charge >= 0.3 is 0 Å². The summed E-state index contributed by atoms with van der Waals surface area (Å²) in [6, 6.07) is 0.893. The van der Waals surface area contributed by atoms with E-state index in [1.54, 1.807) is 0 Å². The fraction of sp³-hybridized carbons (Fsp3) is 1.00. The molecule has 2 N–H and O–H groups in total. The van der Waals surface area contributed by atoms with Crippen LogP contribution in [0.15, 0.2) is 0 Å². The van der Waals surface area contributed by atoms with Crippen molar-refractivity contribution in [3.8, 4) is 0 Å². The molecule has 2 fully saturated rings. The Labute approximate surface area is 81.5 Å². The lowest BCUT2D eigenvalue weighted by molar-refractivity contribution is 0.348. The average molecular weight is 182 g/mol. The quantitative estimate of drug-likeness (QED) is 0.630. The van der Waals surface area contributed by atoms with Gasteiger partial charge in [0, 0.05) is 6.04 Å². The molecule has 13 heavy (non-hydrogen) atoms. The molecule has 2 heteroatoms. The van der Waals surface area contributed by atoms with E-state index in [1.165, 1.54) is 58.2 Å². The molecule has 1 saturated carbocycles. The largest absolute Gasteiger partial charge is 0.316 e. The molecule has 0 aromatic rings. The molecule has 1 unspecified atom stereocenters. The molecule has 0 bridgehead atoms. The van der Waals surface area contributed by atoms with Crippen LogP contribution in [0.5, 0.6) is 0 Å². The van der Waals surface area contributed by atoms with Crippen molar-refractivity contribution in [3.05, 3.63) is 0 Å². The number of hydrogen-bond acceptors (Lipinski definition) is 2. The first-order valence-corrected chi connectivity index (χ1v) is 5.89. The molecule has 76 valence electrons. The van der Waals surface area contributed by atoms with Crippen molar-refractivity contribution < 1.29 is 0 Å². The molecule has 0 amide bonds. The first-order valence-electron chi connectivity index (χ1n) is 5.89. The molecule has 0 aromatic carbocycles. The van der Waals surface area contributed by atoms with Gasteiger partial charge < -0.3 is 10.6 Å². The summed E-state index contributed by atoms with van der Waals surface area (Å²) in [5, 5.41) is 7.05. The summed E-state index contributed by atoms with van der Waals surface area (Å²) < 4.78 is 0. The second-order valence-electron chi connectivity index (χ2n) is 4.58. The van der Waals surface area contributed by atoms with Gasteiger partial charge in [0.15, 0.2) is 0 Å². The predicted octanol–water partition coefficient (Wildman–Crippen LogP) is 1.52. The lowest BCUT2D eigenvalue weighted by atomic mass is 9.95. The van der Waals surface area contributed by atoms with Gasteiger partial charge in [-0.2, -0.15) is 0 Å². The highest BCUT2D eigenvalue weighted by Gasteiger charge is 2.19.